The van der Waals surface area contributed by atoms with Crippen LogP contribution in [0.1, 0.15) is 20.3 Å². The molecule has 2 fully saturated rings. The molecule has 1 aliphatic carbocycles. The average Bonchev–Trinajstić information content (AvgIpc) is 2.61. The van der Waals surface area contributed by atoms with Crippen molar-refractivity contribution < 1.29 is 9.53 Å². The third-order valence-electron chi connectivity index (χ3n) is 2.58. The van der Waals surface area contributed by atoms with Crippen LogP contribution in [0.2, 0.25) is 0 Å². The van der Waals surface area contributed by atoms with Crippen molar-refractivity contribution in [2.45, 2.75) is 32.5 Å². The molecule has 4 atom stereocenters. The minimum absolute atomic E-state index is 0.0150. The number of ketones is 1. The van der Waals surface area contributed by atoms with Crippen LogP contribution in [0.3, 0.4) is 0 Å². The van der Waals surface area contributed by atoms with Crippen LogP contribution in [-0.2, 0) is 9.53 Å². The van der Waals surface area contributed by atoms with Gasteiger partial charge in [-0.05, 0) is 12.3 Å². The summed E-state index contributed by atoms with van der Waals surface area (Å²) < 4.78 is 5.22. The molecular weight excluding hydrogens is 128 g/mol. The fourth-order valence-corrected chi connectivity index (χ4v) is 1.87. The Labute approximate surface area is 60.6 Å². The van der Waals surface area contributed by atoms with E-state index in [1.54, 1.807) is 0 Å². The fourth-order valence-electron chi connectivity index (χ4n) is 1.87. The van der Waals surface area contributed by atoms with Gasteiger partial charge in [-0.25, -0.2) is 0 Å². The molecule has 0 aromatic carbocycles. The molecule has 2 aliphatic rings. The van der Waals surface area contributed by atoms with Crippen molar-refractivity contribution in [1.29, 1.82) is 0 Å². The second-order valence-corrected chi connectivity index (χ2v) is 3.54. The van der Waals surface area contributed by atoms with Crippen LogP contribution in [0, 0.1) is 11.8 Å². The largest absolute Gasteiger partial charge is 0.361 e. The number of carbonyl (C=O) groups is 1. The summed E-state index contributed by atoms with van der Waals surface area (Å²) in [5.41, 5.74) is 0. The van der Waals surface area contributed by atoms with E-state index in [-0.39, 0.29) is 18.1 Å². The van der Waals surface area contributed by atoms with E-state index in [0.717, 1.165) is 6.42 Å². The Kier molecular flexibility index (Phi) is 1.15. The molecule has 2 nitrogen and oxygen atoms in total. The van der Waals surface area contributed by atoms with Gasteiger partial charge >= 0.3 is 0 Å². The highest BCUT2D eigenvalue weighted by Crippen LogP contribution is 2.40. The molecule has 0 bridgehead atoms. The first-order chi connectivity index (χ1) is 4.70. The van der Waals surface area contributed by atoms with Crippen LogP contribution in [0.5, 0.6) is 0 Å². The highest BCUT2D eigenvalue weighted by molar-refractivity contribution is 5.88. The van der Waals surface area contributed by atoms with Gasteiger partial charge in [0.1, 0.15) is 6.10 Å². The first kappa shape index (κ1) is 6.35. The van der Waals surface area contributed by atoms with Crippen LogP contribution in [0.15, 0.2) is 0 Å². The Morgan fingerprint density at radius 1 is 1.50 bits per heavy atom. The number of Topliss-reactive ketones (excluding diaryl/α,β-unsaturated/α-hetero) is 1. The van der Waals surface area contributed by atoms with Gasteiger partial charge in [-0.3, -0.25) is 4.79 Å². The Morgan fingerprint density at radius 3 is 2.90 bits per heavy atom. The van der Waals surface area contributed by atoms with Gasteiger partial charge in [0.2, 0.25) is 0 Å². The van der Waals surface area contributed by atoms with E-state index in [1.165, 1.54) is 0 Å². The van der Waals surface area contributed by atoms with Gasteiger partial charge in [-0.15, -0.1) is 0 Å². The molecule has 0 N–H and O–H groups in total. The predicted molar refractivity (Wildman–Crippen MR) is 36.6 cm³/mol. The molecule has 1 heterocycles. The molecule has 1 saturated heterocycles. The number of hydrogen-bond acceptors (Lipinski definition) is 2. The van der Waals surface area contributed by atoms with Crippen molar-refractivity contribution in [3.8, 4) is 0 Å². The molecule has 10 heavy (non-hydrogen) atoms. The standard InChI is InChI=1S/C8H12O2/c1-4-3-5(2)7-8(10-7)6(4)9/h4-5,7-8H,3H2,1-2H3. The molecule has 1 saturated carbocycles. The van der Waals surface area contributed by atoms with Crippen molar-refractivity contribution in [3.05, 3.63) is 0 Å². The lowest BCUT2D eigenvalue weighted by molar-refractivity contribution is -0.124. The fraction of sp³-hybridized carbons (Fsp3) is 0.875. The zero-order chi connectivity index (χ0) is 7.30. The summed E-state index contributed by atoms with van der Waals surface area (Å²) in [6.07, 6.45) is 1.28. The molecule has 4 unspecified atom stereocenters. The van der Waals surface area contributed by atoms with Crippen molar-refractivity contribution >= 4 is 5.78 Å². The number of ether oxygens (including phenoxy) is 1. The van der Waals surface area contributed by atoms with Gasteiger partial charge < -0.3 is 4.74 Å². The lowest BCUT2D eigenvalue weighted by atomic mass is 9.83. The average molecular weight is 140 g/mol. The maximum Gasteiger partial charge on any atom is 0.167 e. The number of hydrogen-bond donors (Lipinski definition) is 0. The van der Waals surface area contributed by atoms with E-state index < -0.39 is 0 Å². The molecule has 1 aliphatic heterocycles. The Bertz CT molecular complexity index is 172. The summed E-state index contributed by atoms with van der Waals surface area (Å²) in [5, 5.41) is 0. The quantitative estimate of drug-likeness (QED) is 0.470. The molecule has 0 amide bonds. The van der Waals surface area contributed by atoms with Crippen molar-refractivity contribution in [2.75, 3.05) is 0 Å². The highest BCUT2D eigenvalue weighted by Gasteiger charge is 2.53. The van der Waals surface area contributed by atoms with Crippen molar-refractivity contribution in [1.82, 2.24) is 0 Å². The molecule has 0 aromatic rings. The van der Waals surface area contributed by atoms with Crippen LogP contribution < -0.4 is 0 Å². The van der Waals surface area contributed by atoms with E-state index in [0.29, 0.717) is 11.7 Å². The van der Waals surface area contributed by atoms with Crippen LogP contribution in [-0.4, -0.2) is 18.0 Å². The molecule has 2 heteroatoms. The van der Waals surface area contributed by atoms with E-state index in [4.69, 9.17) is 4.74 Å². The number of fused-ring (bicyclic) bond motifs is 1. The topological polar surface area (TPSA) is 29.6 Å². The smallest absolute Gasteiger partial charge is 0.167 e. The highest BCUT2D eigenvalue weighted by atomic mass is 16.6. The zero-order valence-corrected chi connectivity index (χ0v) is 6.33. The Balaban J connectivity index is 2.12. The van der Waals surface area contributed by atoms with Crippen LogP contribution in [0.25, 0.3) is 0 Å². The normalized spacial score (nSPS) is 52.4. The summed E-state index contributed by atoms with van der Waals surface area (Å²) in [6, 6.07) is 0. The van der Waals surface area contributed by atoms with Crippen molar-refractivity contribution in [3.63, 3.8) is 0 Å². The monoisotopic (exact) mass is 140 g/mol. The summed E-state index contributed by atoms with van der Waals surface area (Å²) in [4.78, 5) is 11.2. The Hall–Kier alpha value is -0.370. The minimum atomic E-state index is -0.0150. The number of rotatable bonds is 0. The van der Waals surface area contributed by atoms with Crippen LogP contribution in [0.4, 0.5) is 0 Å². The molecule has 0 spiro atoms. The number of epoxide rings is 1. The first-order valence-electron chi connectivity index (χ1n) is 3.89. The third kappa shape index (κ3) is 0.717. The van der Waals surface area contributed by atoms with Gasteiger partial charge in [-0.2, -0.15) is 0 Å². The van der Waals surface area contributed by atoms with Crippen LogP contribution >= 0.6 is 0 Å². The van der Waals surface area contributed by atoms with Gasteiger partial charge in [-0.1, -0.05) is 13.8 Å². The maximum absolute atomic E-state index is 11.2. The molecule has 0 radical (unpaired) electrons. The van der Waals surface area contributed by atoms with Gasteiger partial charge in [0.05, 0.1) is 6.10 Å². The van der Waals surface area contributed by atoms with E-state index >= 15 is 0 Å². The molecule has 0 aromatic heterocycles. The summed E-state index contributed by atoms with van der Waals surface area (Å²) >= 11 is 0. The summed E-state index contributed by atoms with van der Waals surface area (Å²) in [5.74, 6) is 1.15. The summed E-state index contributed by atoms with van der Waals surface area (Å²) in [7, 11) is 0. The van der Waals surface area contributed by atoms with Gasteiger partial charge in [0.15, 0.2) is 5.78 Å². The van der Waals surface area contributed by atoms with Crippen molar-refractivity contribution in [2.24, 2.45) is 11.8 Å². The van der Waals surface area contributed by atoms with E-state index in [2.05, 4.69) is 6.92 Å². The summed E-state index contributed by atoms with van der Waals surface area (Å²) in [6.45, 7) is 4.16. The second kappa shape index (κ2) is 1.82. The first-order valence-corrected chi connectivity index (χ1v) is 3.89. The zero-order valence-electron chi connectivity index (χ0n) is 6.33. The minimum Gasteiger partial charge on any atom is -0.361 e. The van der Waals surface area contributed by atoms with E-state index in [1.807, 2.05) is 6.92 Å². The SMILES string of the molecule is CC1CC(C)C2OC2C1=O. The molecule has 2 rings (SSSR count). The third-order valence-corrected chi connectivity index (χ3v) is 2.58. The predicted octanol–water partition coefficient (Wildman–Crippen LogP) is 0.999. The number of carbonyl (C=O) groups excluding carboxylic acids is 1. The molecular formula is C8H12O2. The second-order valence-electron chi connectivity index (χ2n) is 3.54. The molecule has 56 valence electrons. The lowest BCUT2D eigenvalue weighted by Gasteiger charge is -2.17. The van der Waals surface area contributed by atoms with E-state index in [9.17, 15) is 4.79 Å². The maximum atomic E-state index is 11.2. The van der Waals surface area contributed by atoms with Gasteiger partial charge in [0, 0.05) is 5.92 Å². The lowest BCUT2D eigenvalue weighted by Crippen LogP contribution is -2.29. The Morgan fingerprint density at radius 2 is 2.20 bits per heavy atom. The van der Waals surface area contributed by atoms with Gasteiger partial charge in [0.25, 0.3) is 0 Å².